The Morgan fingerprint density at radius 1 is 0.760 bits per heavy atom. The predicted molar refractivity (Wildman–Crippen MR) is 94.1 cm³/mol. The van der Waals surface area contributed by atoms with Crippen LogP contribution < -0.4 is 0 Å². The first-order valence-electron chi connectivity index (χ1n) is 8.43. The summed E-state index contributed by atoms with van der Waals surface area (Å²) in [5.74, 6) is -1.22. The number of hydrogen-bond acceptors (Lipinski definition) is 4. The van der Waals surface area contributed by atoms with Crippen LogP contribution in [-0.2, 0) is 31.9 Å². The number of ether oxygens (including phenoxy) is 2. The maximum absolute atomic E-state index is 12.7. The van der Waals surface area contributed by atoms with Gasteiger partial charge in [0.05, 0.1) is 0 Å². The maximum atomic E-state index is 12.7. The molecule has 1 saturated heterocycles. The van der Waals surface area contributed by atoms with Crippen molar-refractivity contribution in [2.45, 2.75) is 44.7 Å². The third kappa shape index (κ3) is 4.41. The molecule has 25 heavy (non-hydrogen) atoms. The topological polar surface area (TPSA) is 52.6 Å². The monoisotopic (exact) mass is 338 g/mol. The zero-order chi connectivity index (χ0) is 17.9. The minimum absolute atomic E-state index is 0.136. The standard InChI is InChI=1S/C21H22O4/c1-21(2)24-19(17(22)13-15-9-5-3-6-10-15)20(25-21)18(23)14-16-11-7-4-8-12-16/h3-12,19-20H,13-14H2,1-2H3/t19-,20-/m0/s1. The highest BCUT2D eigenvalue weighted by Gasteiger charge is 2.47. The van der Waals surface area contributed by atoms with Crippen molar-refractivity contribution < 1.29 is 19.1 Å². The van der Waals surface area contributed by atoms with E-state index in [9.17, 15) is 9.59 Å². The molecule has 0 aliphatic carbocycles. The summed E-state index contributed by atoms with van der Waals surface area (Å²) in [5.41, 5.74) is 1.80. The Bertz CT molecular complexity index is 674. The summed E-state index contributed by atoms with van der Waals surface area (Å²) in [5, 5.41) is 0. The molecule has 0 radical (unpaired) electrons. The van der Waals surface area contributed by atoms with E-state index in [1.807, 2.05) is 60.7 Å². The summed E-state index contributed by atoms with van der Waals surface area (Å²) in [6.45, 7) is 3.46. The molecule has 0 unspecified atom stereocenters. The van der Waals surface area contributed by atoms with Crippen molar-refractivity contribution in [2.75, 3.05) is 0 Å². The van der Waals surface area contributed by atoms with Gasteiger partial charge in [-0.2, -0.15) is 0 Å². The number of carbonyl (C=O) groups is 2. The highest BCUT2D eigenvalue weighted by atomic mass is 16.8. The molecule has 0 spiro atoms. The van der Waals surface area contributed by atoms with Gasteiger partial charge in [0.1, 0.15) is 0 Å². The number of carbonyl (C=O) groups excluding carboxylic acids is 2. The van der Waals surface area contributed by atoms with Crippen LogP contribution in [0, 0.1) is 0 Å². The molecule has 4 nitrogen and oxygen atoms in total. The van der Waals surface area contributed by atoms with Crippen molar-refractivity contribution in [2.24, 2.45) is 0 Å². The van der Waals surface area contributed by atoms with E-state index in [0.29, 0.717) is 0 Å². The van der Waals surface area contributed by atoms with Crippen molar-refractivity contribution in [1.82, 2.24) is 0 Å². The molecule has 2 aromatic carbocycles. The molecular formula is C21H22O4. The van der Waals surface area contributed by atoms with Crippen LogP contribution in [0.25, 0.3) is 0 Å². The van der Waals surface area contributed by atoms with Crippen molar-refractivity contribution in [3.8, 4) is 0 Å². The van der Waals surface area contributed by atoms with Gasteiger partial charge in [0.25, 0.3) is 0 Å². The van der Waals surface area contributed by atoms with Crippen molar-refractivity contribution in [3.63, 3.8) is 0 Å². The first kappa shape index (κ1) is 17.5. The first-order chi connectivity index (χ1) is 11.9. The maximum Gasteiger partial charge on any atom is 0.169 e. The number of Topliss-reactive ketones (excluding diaryl/α,β-unsaturated/α-hetero) is 2. The van der Waals surface area contributed by atoms with Crippen LogP contribution in [0.5, 0.6) is 0 Å². The molecule has 1 aliphatic heterocycles. The number of benzene rings is 2. The minimum atomic E-state index is -0.950. The molecule has 0 saturated carbocycles. The van der Waals surface area contributed by atoms with Gasteiger partial charge >= 0.3 is 0 Å². The quantitative estimate of drug-likeness (QED) is 0.812. The van der Waals surface area contributed by atoms with Crippen LogP contribution in [0.4, 0.5) is 0 Å². The summed E-state index contributed by atoms with van der Waals surface area (Å²) in [4.78, 5) is 25.4. The Kier molecular flexibility index (Phi) is 5.11. The zero-order valence-electron chi connectivity index (χ0n) is 14.5. The van der Waals surface area contributed by atoms with Crippen molar-refractivity contribution in [1.29, 1.82) is 0 Å². The van der Waals surface area contributed by atoms with E-state index in [2.05, 4.69) is 0 Å². The Morgan fingerprint density at radius 2 is 1.12 bits per heavy atom. The van der Waals surface area contributed by atoms with Crippen LogP contribution in [0.1, 0.15) is 25.0 Å². The Labute approximate surface area is 147 Å². The molecule has 0 amide bonds. The van der Waals surface area contributed by atoms with Gasteiger partial charge in [-0.1, -0.05) is 60.7 Å². The fourth-order valence-corrected chi connectivity index (χ4v) is 3.03. The number of hydrogen-bond donors (Lipinski definition) is 0. The van der Waals surface area contributed by atoms with Gasteiger partial charge in [-0.3, -0.25) is 9.59 Å². The Balaban J connectivity index is 1.74. The van der Waals surface area contributed by atoms with Gasteiger partial charge in [0.2, 0.25) is 0 Å². The van der Waals surface area contributed by atoms with E-state index in [4.69, 9.17) is 9.47 Å². The van der Waals surface area contributed by atoms with Crippen LogP contribution in [-0.4, -0.2) is 29.6 Å². The zero-order valence-corrected chi connectivity index (χ0v) is 14.5. The van der Waals surface area contributed by atoms with Crippen LogP contribution in [0.3, 0.4) is 0 Å². The molecule has 1 aliphatic rings. The van der Waals surface area contributed by atoms with Gasteiger partial charge in [-0.05, 0) is 25.0 Å². The van der Waals surface area contributed by atoms with Crippen LogP contribution >= 0.6 is 0 Å². The van der Waals surface area contributed by atoms with E-state index in [1.165, 1.54) is 0 Å². The number of ketones is 2. The van der Waals surface area contributed by atoms with Crippen molar-refractivity contribution >= 4 is 11.6 Å². The van der Waals surface area contributed by atoms with Crippen LogP contribution in [0.2, 0.25) is 0 Å². The highest BCUT2D eigenvalue weighted by molar-refractivity contribution is 5.95. The molecule has 4 heteroatoms. The third-order valence-corrected chi connectivity index (χ3v) is 4.17. The number of rotatable bonds is 6. The molecule has 1 fully saturated rings. The van der Waals surface area contributed by atoms with Gasteiger partial charge in [0, 0.05) is 12.8 Å². The second-order valence-corrected chi connectivity index (χ2v) is 6.73. The largest absolute Gasteiger partial charge is 0.336 e. The second-order valence-electron chi connectivity index (χ2n) is 6.73. The average molecular weight is 338 g/mol. The fourth-order valence-electron chi connectivity index (χ4n) is 3.03. The summed E-state index contributed by atoms with van der Waals surface area (Å²) >= 11 is 0. The molecule has 3 rings (SSSR count). The lowest BCUT2D eigenvalue weighted by Crippen LogP contribution is -2.39. The fraction of sp³-hybridized carbons (Fsp3) is 0.333. The minimum Gasteiger partial charge on any atom is -0.336 e. The van der Waals surface area contributed by atoms with E-state index in [-0.39, 0.29) is 24.4 Å². The van der Waals surface area contributed by atoms with E-state index in [0.717, 1.165) is 11.1 Å². The SMILES string of the molecule is CC1(C)O[C@@H](C(=O)Cc2ccccc2)[C@H](C(=O)Cc2ccccc2)O1. The smallest absolute Gasteiger partial charge is 0.169 e. The first-order valence-corrected chi connectivity index (χ1v) is 8.43. The van der Waals surface area contributed by atoms with Crippen molar-refractivity contribution in [3.05, 3.63) is 71.8 Å². The lowest BCUT2D eigenvalue weighted by Gasteiger charge is -2.16. The van der Waals surface area contributed by atoms with Crippen LogP contribution in [0.15, 0.2) is 60.7 Å². The van der Waals surface area contributed by atoms with Gasteiger partial charge in [-0.15, -0.1) is 0 Å². The van der Waals surface area contributed by atoms with E-state index in [1.54, 1.807) is 13.8 Å². The molecule has 0 N–H and O–H groups in total. The molecule has 130 valence electrons. The van der Waals surface area contributed by atoms with Gasteiger partial charge < -0.3 is 9.47 Å². The lowest BCUT2D eigenvalue weighted by atomic mass is 9.97. The molecule has 2 aromatic rings. The Morgan fingerprint density at radius 3 is 1.48 bits per heavy atom. The van der Waals surface area contributed by atoms with Gasteiger partial charge in [0.15, 0.2) is 29.6 Å². The van der Waals surface area contributed by atoms with Gasteiger partial charge in [-0.25, -0.2) is 0 Å². The predicted octanol–water partition coefficient (Wildman–Crippen LogP) is 3.13. The summed E-state index contributed by atoms with van der Waals surface area (Å²) in [6, 6.07) is 18.9. The highest BCUT2D eigenvalue weighted by Crippen LogP contribution is 2.30. The molecular weight excluding hydrogens is 316 g/mol. The summed E-state index contributed by atoms with van der Waals surface area (Å²) in [7, 11) is 0. The molecule has 2 atom stereocenters. The normalized spacial score (nSPS) is 21.8. The summed E-state index contributed by atoms with van der Waals surface area (Å²) in [6.07, 6.45) is -1.29. The van der Waals surface area contributed by atoms with E-state index < -0.39 is 18.0 Å². The molecule has 0 bridgehead atoms. The van der Waals surface area contributed by atoms with E-state index >= 15 is 0 Å². The molecule has 1 heterocycles. The average Bonchev–Trinajstić information content (AvgIpc) is 2.93. The summed E-state index contributed by atoms with van der Waals surface area (Å²) < 4.78 is 11.5. The Hall–Kier alpha value is -2.30. The molecule has 0 aromatic heterocycles. The third-order valence-electron chi connectivity index (χ3n) is 4.17. The second kappa shape index (κ2) is 7.30. The lowest BCUT2D eigenvalue weighted by molar-refractivity contribution is -0.158.